The Morgan fingerprint density at radius 1 is 1.02 bits per heavy atom. The van der Waals surface area contributed by atoms with Gasteiger partial charge >= 0.3 is 11.9 Å². The van der Waals surface area contributed by atoms with E-state index in [-0.39, 0.29) is 46.5 Å². The fraction of sp³-hybridized carbons (Fsp3) is 0.615. The summed E-state index contributed by atoms with van der Waals surface area (Å²) < 4.78 is 20.5. The zero-order valence-corrected chi connectivity index (χ0v) is 33.7. The number of ether oxygens (including phenoxy) is 1. The van der Waals surface area contributed by atoms with Crippen LogP contribution >= 0.6 is 0 Å². The Hall–Kier alpha value is -4.70. The molecule has 2 aromatic rings. The maximum Gasteiger partial charge on any atom is 0.328 e. The third-order valence-corrected chi connectivity index (χ3v) is 10.3. The number of nitrogens with zero attached hydrogens (tertiary/aromatic N) is 8. The largest absolute Gasteiger partial charge is 0.478 e. The molecule has 0 aliphatic carbocycles. The molecule has 16 heteroatoms. The second-order valence-electron chi connectivity index (χ2n) is 15.4. The molecule has 2 fully saturated rings. The summed E-state index contributed by atoms with van der Waals surface area (Å²) >= 11 is 0. The number of likely N-dealkylation sites (tertiary alicyclic amines) is 1. The summed E-state index contributed by atoms with van der Waals surface area (Å²) in [6, 6.07) is 4.64. The van der Waals surface area contributed by atoms with E-state index in [4.69, 9.17) is 14.9 Å². The molecule has 15 nitrogen and oxygen atoms in total. The number of aromatic nitrogens is 3. The van der Waals surface area contributed by atoms with E-state index in [2.05, 4.69) is 57.7 Å². The number of anilines is 1. The first-order chi connectivity index (χ1) is 25.9. The summed E-state index contributed by atoms with van der Waals surface area (Å²) in [7, 11) is 5.73. The number of carboxylic acids is 2. The molecule has 3 heterocycles. The second kappa shape index (κ2) is 20.3. The predicted molar refractivity (Wildman–Crippen MR) is 207 cm³/mol. The van der Waals surface area contributed by atoms with Crippen molar-refractivity contribution in [1.29, 1.82) is 0 Å². The van der Waals surface area contributed by atoms with Crippen LogP contribution in [0.15, 0.2) is 36.7 Å². The number of carboxylic acid groups (broad SMARTS) is 2. The lowest BCUT2D eigenvalue weighted by atomic mass is 9.76. The third-order valence-electron chi connectivity index (χ3n) is 10.3. The van der Waals surface area contributed by atoms with Gasteiger partial charge in [0.15, 0.2) is 5.82 Å². The number of hydrogen-bond donors (Lipinski definition) is 2. The minimum Gasteiger partial charge on any atom is -0.478 e. The van der Waals surface area contributed by atoms with Gasteiger partial charge in [-0.3, -0.25) is 14.5 Å². The van der Waals surface area contributed by atoms with Gasteiger partial charge in [0.2, 0.25) is 5.91 Å². The van der Waals surface area contributed by atoms with Gasteiger partial charge < -0.3 is 34.5 Å². The molecule has 2 amide bonds. The van der Waals surface area contributed by atoms with Crippen LogP contribution in [0, 0.1) is 17.2 Å². The van der Waals surface area contributed by atoms with E-state index in [1.807, 2.05) is 34.9 Å². The molecule has 2 saturated heterocycles. The average Bonchev–Trinajstić information content (AvgIpc) is 3.55. The van der Waals surface area contributed by atoms with Crippen molar-refractivity contribution in [3.8, 4) is 11.6 Å². The highest BCUT2D eigenvalue weighted by Crippen LogP contribution is 2.44. The molecule has 1 spiro atoms. The van der Waals surface area contributed by atoms with E-state index >= 15 is 0 Å². The van der Waals surface area contributed by atoms with Crippen LogP contribution in [-0.2, 0) is 14.4 Å². The molecular formula is C39H59FN8O7. The number of aliphatic carboxylic acids is 2. The van der Waals surface area contributed by atoms with Gasteiger partial charge in [0, 0.05) is 88.9 Å². The molecule has 0 radical (unpaired) electrons. The first kappa shape index (κ1) is 44.7. The van der Waals surface area contributed by atoms with Gasteiger partial charge in [-0.05, 0) is 84.7 Å². The van der Waals surface area contributed by atoms with E-state index in [0.29, 0.717) is 42.9 Å². The normalized spacial score (nSPS) is 16.2. The highest BCUT2D eigenvalue weighted by Gasteiger charge is 2.50. The Balaban J connectivity index is 0.000000912. The SMILES string of the molecule is CCN(C(=O)c1cc(F)ccc1Oc1nncnc1N1CCC2(C1)CN(C(CCCN(C)C(C)CC(=O)N(C)C)C(C)C)C2)C(C)C.O=C(O)/C=C/C(=O)O. The highest BCUT2D eigenvalue weighted by molar-refractivity contribution is 5.97. The van der Waals surface area contributed by atoms with Gasteiger partial charge in [-0.1, -0.05) is 13.8 Å². The molecule has 304 valence electrons. The molecule has 1 aromatic carbocycles. The van der Waals surface area contributed by atoms with E-state index in [1.54, 1.807) is 9.80 Å². The second-order valence-corrected chi connectivity index (χ2v) is 15.4. The van der Waals surface area contributed by atoms with Gasteiger partial charge in [0.25, 0.3) is 11.8 Å². The molecular weight excluding hydrogens is 711 g/mol. The van der Waals surface area contributed by atoms with Gasteiger partial charge in [0.1, 0.15) is 17.9 Å². The fourth-order valence-electron chi connectivity index (χ4n) is 7.17. The smallest absolute Gasteiger partial charge is 0.328 e. The Bertz CT molecular complexity index is 1630. The van der Waals surface area contributed by atoms with E-state index in [1.165, 1.54) is 24.5 Å². The Morgan fingerprint density at radius 3 is 2.24 bits per heavy atom. The molecule has 0 bridgehead atoms. The van der Waals surface area contributed by atoms with Crippen LogP contribution in [0.4, 0.5) is 10.2 Å². The van der Waals surface area contributed by atoms with E-state index < -0.39 is 17.8 Å². The van der Waals surface area contributed by atoms with Crippen molar-refractivity contribution in [2.75, 3.05) is 65.3 Å². The minimum atomic E-state index is -1.26. The summed E-state index contributed by atoms with van der Waals surface area (Å²) in [4.78, 5) is 59.6. The molecule has 2 unspecified atom stereocenters. The predicted octanol–water partition coefficient (Wildman–Crippen LogP) is 4.50. The van der Waals surface area contributed by atoms with E-state index in [0.717, 1.165) is 52.0 Å². The summed E-state index contributed by atoms with van der Waals surface area (Å²) in [6.07, 6.45) is 6.31. The summed E-state index contributed by atoms with van der Waals surface area (Å²) in [5, 5.41) is 23.8. The Kier molecular flexibility index (Phi) is 16.5. The van der Waals surface area contributed by atoms with Crippen molar-refractivity contribution in [2.45, 2.75) is 85.4 Å². The Morgan fingerprint density at radius 2 is 1.67 bits per heavy atom. The highest BCUT2D eigenvalue weighted by atomic mass is 19.1. The van der Waals surface area contributed by atoms with Crippen molar-refractivity contribution in [3.05, 3.63) is 48.1 Å². The standard InChI is InChI=1S/C35H55FN8O3.C4H4O4/c1-10-44(25(4)5)34(46)28-19-27(36)13-14-30(28)47-33-32(37-23-38-39-33)42-17-15-35(20-42)21-43(22-35)29(24(2)3)12-11-16-41(9)26(6)18-31(45)40(7)8;5-3(6)1-2-4(7)8/h13-14,19,23-26,29H,10-12,15-18,20-22H2,1-9H3;1-2H,(H,5,6)(H,7,8)/b;2-1+. The molecule has 2 atom stereocenters. The number of hydrogen-bond acceptors (Lipinski definition) is 11. The summed E-state index contributed by atoms with van der Waals surface area (Å²) in [6.45, 7) is 17.7. The van der Waals surface area contributed by atoms with Gasteiger partial charge in [0.05, 0.1) is 5.56 Å². The van der Waals surface area contributed by atoms with Gasteiger partial charge in [-0.25, -0.2) is 19.0 Å². The zero-order chi connectivity index (χ0) is 41.0. The van der Waals surface area contributed by atoms with Crippen molar-refractivity contribution < 1.29 is 38.5 Å². The van der Waals surface area contributed by atoms with Crippen molar-refractivity contribution in [3.63, 3.8) is 0 Å². The first-order valence-corrected chi connectivity index (χ1v) is 18.9. The van der Waals surface area contributed by atoms with Crippen molar-refractivity contribution >= 4 is 29.6 Å². The number of benzene rings is 1. The summed E-state index contributed by atoms with van der Waals surface area (Å²) in [5.41, 5.74) is 0.315. The number of carbonyl (C=O) groups is 4. The maximum atomic E-state index is 14.3. The topological polar surface area (TPSA) is 173 Å². The van der Waals surface area contributed by atoms with Crippen LogP contribution in [0.5, 0.6) is 11.6 Å². The molecule has 4 rings (SSSR count). The lowest BCUT2D eigenvalue weighted by molar-refractivity contribution is -0.134. The zero-order valence-electron chi connectivity index (χ0n) is 33.7. The molecule has 55 heavy (non-hydrogen) atoms. The third kappa shape index (κ3) is 12.7. The van der Waals surface area contributed by atoms with Gasteiger partial charge in [-0.15, -0.1) is 10.2 Å². The molecule has 1 aromatic heterocycles. The van der Waals surface area contributed by atoms with Crippen LogP contribution in [0.2, 0.25) is 0 Å². The molecule has 2 N–H and O–H groups in total. The monoisotopic (exact) mass is 770 g/mol. The minimum absolute atomic E-state index is 0.0504. The number of carbonyl (C=O) groups excluding carboxylic acids is 2. The number of halogens is 1. The maximum absolute atomic E-state index is 14.3. The van der Waals surface area contributed by atoms with Gasteiger partial charge in [-0.2, -0.15) is 0 Å². The lowest BCUT2D eigenvalue weighted by Gasteiger charge is -2.53. The first-order valence-electron chi connectivity index (χ1n) is 18.9. The number of amides is 2. The van der Waals surface area contributed by atoms with Crippen LogP contribution in [0.1, 0.15) is 77.6 Å². The average molecular weight is 771 g/mol. The van der Waals surface area contributed by atoms with Crippen LogP contribution in [-0.4, -0.2) is 147 Å². The van der Waals surface area contributed by atoms with E-state index in [9.17, 15) is 23.6 Å². The molecule has 0 saturated carbocycles. The molecule has 2 aliphatic rings. The van der Waals surface area contributed by atoms with Crippen LogP contribution in [0.3, 0.4) is 0 Å². The van der Waals surface area contributed by atoms with Crippen molar-refractivity contribution in [1.82, 2.24) is 34.8 Å². The quantitative estimate of drug-likeness (QED) is 0.216. The lowest BCUT2D eigenvalue weighted by Crippen LogP contribution is -2.62. The van der Waals surface area contributed by atoms with Crippen LogP contribution in [0.25, 0.3) is 0 Å². The Labute approximate surface area is 324 Å². The summed E-state index contributed by atoms with van der Waals surface area (Å²) in [5.74, 6) is -1.60. The number of rotatable bonds is 17. The van der Waals surface area contributed by atoms with Crippen LogP contribution < -0.4 is 9.64 Å². The molecule has 2 aliphatic heterocycles. The van der Waals surface area contributed by atoms with Crippen molar-refractivity contribution in [2.24, 2.45) is 11.3 Å². The fourth-order valence-corrected chi connectivity index (χ4v) is 7.17.